The summed E-state index contributed by atoms with van der Waals surface area (Å²) in [6, 6.07) is 6.02. The molecule has 1 saturated carbocycles. The van der Waals surface area contributed by atoms with Gasteiger partial charge in [-0.05, 0) is 37.0 Å². The molecule has 1 aliphatic rings. The Bertz CT molecular complexity index is 579. The van der Waals surface area contributed by atoms with E-state index in [0.717, 1.165) is 24.2 Å². The van der Waals surface area contributed by atoms with E-state index in [1.807, 2.05) is 0 Å². The number of halogens is 1. The molecule has 1 aromatic carbocycles. The summed E-state index contributed by atoms with van der Waals surface area (Å²) in [6.07, 6.45) is 4.59. The fourth-order valence-electron chi connectivity index (χ4n) is 3.17. The van der Waals surface area contributed by atoms with Gasteiger partial charge in [-0.1, -0.05) is 25.8 Å². The quantitative estimate of drug-likeness (QED) is 0.725. The predicted octanol–water partition coefficient (Wildman–Crippen LogP) is 0.974. The van der Waals surface area contributed by atoms with E-state index < -0.39 is 5.82 Å². The third-order valence-electron chi connectivity index (χ3n) is 4.49. The van der Waals surface area contributed by atoms with Gasteiger partial charge in [-0.2, -0.15) is 0 Å². The number of hydrogen-bond donors (Lipinski definition) is 3. The molecule has 0 heterocycles. The smallest absolute Gasteiger partial charge is 0.279 e. The highest BCUT2D eigenvalue weighted by Gasteiger charge is 2.24. The molecule has 0 spiro atoms. The van der Waals surface area contributed by atoms with Crippen LogP contribution >= 0.6 is 0 Å². The molecule has 1 fully saturated rings. The minimum atomic E-state index is -0.394. The predicted molar refractivity (Wildman–Crippen MR) is 91.2 cm³/mol. The summed E-state index contributed by atoms with van der Waals surface area (Å²) < 4.78 is 13.1. The van der Waals surface area contributed by atoms with Gasteiger partial charge < -0.3 is 15.5 Å². The van der Waals surface area contributed by atoms with E-state index in [0.29, 0.717) is 11.6 Å². The number of quaternary nitrogens is 1. The molecule has 0 aromatic heterocycles. The van der Waals surface area contributed by atoms with Gasteiger partial charge in [0.05, 0.1) is 7.05 Å². The molecule has 1 aromatic rings. The molecule has 5 nitrogen and oxygen atoms in total. The molecule has 0 bridgehead atoms. The largest absolute Gasteiger partial charge is 0.348 e. The van der Waals surface area contributed by atoms with Crippen molar-refractivity contribution in [2.75, 3.05) is 25.5 Å². The zero-order valence-electron chi connectivity index (χ0n) is 14.4. The molecular weight excluding hydrogens is 309 g/mol. The van der Waals surface area contributed by atoms with Gasteiger partial charge in [0.25, 0.3) is 11.8 Å². The lowest BCUT2D eigenvalue weighted by Gasteiger charge is -2.29. The number of likely N-dealkylation sites (N-methyl/N-ethyl adjacent to an activating group) is 1. The lowest BCUT2D eigenvalue weighted by molar-refractivity contribution is -0.862. The topological polar surface area (TPSA) is 62.6 Å². The van der Waals surface area contributed by atoms with Crippen LogP contribution in [-0.2, 0) is 9.59 Å². The van der Waals surface area contributed by atoms with E-state index in [9.17, 15) is 14.0 Å². The van der Waals surface area contributed by atoms with E-state index in [-0.39, 0.29) is 30.9 Å². The van der Waals surface area contributed by atoms with Crippen LogP contribution in [0, 0.1) is 11.7 Å². The number of carbonyl (C=O) groups is 2. The first kappa shape index (κ1) is 18.4. The molecule has 0 radical (unpaired) electrons. The SMILES string of the molecule is C[C@H]1CCCC[C@@H]1NC(=O)C[NH+](C)CC(=O)Nc1cccc(F)c1. The van der Waals surface area contributed by atoms with Gasteiger partial charge in [-0.25, -0.2) is 4.39 Å². The Morgan fingerprint density at radius 1 is 1.21 bits per heavy atom. The number of anilines is 1. The van der Waals surface area contributed by atoms with Crippen molar-refractivity contribution in [3.63, 3.8) is 0 Å². The maximum Gasteiger partial charge on any atom is 0.279 e. The van der Waals surface area contributed by atoms with Gasteiger partial charge in [0.1, 0.15) is 5.82 Å². The van der Waals surface area contributed by atoms with E-state index in [1.165, 1.54) is 18.6 Å². The highest BCUT2D eigenvalue weighted by atomic mass is 19.1. The second-order valence-electron chi connectivity index (χ2n) is 6.80. The third kappa shape index (κ3) is 5.92. The summed E-state index contributed by atoms with van der Waals surface area (Å²) in [6.45, 7) is 2.58. The second-order valence-corrected chi connectivity index (χ2v) is 6.80. The average molecular weight is 336 g/mol. The van der Waals surface area contributed by atoms with Crippen molar-refractivity contribution in [3.05, 3.63) is 30.1 Å². The Morgan fingerprint density at radius 2 is 1.92 bits per heavy atom. The monoisotopic (exact) mass is 336 g/mol. The molecule has 6 heteroatoms. The van der Waals surface area contributed by atoms with Gasteiger partial charge in [-0.15, -0.1) is 0 Å². The number of nitrogens with one attached hydrogen (secondary N) is 3. The fourth-order valence-corrected chi connectivity index (χ4v) is 3.17. The molecule has 24 heavy (non-hydrogen) atoms. The maximum atomic E-state index is 13.1. The molecule has 2 amide bonds. The fraction of sp³-hybridized carbons (Fsp3) is 0.556. The van der Waals surface area contributed by atoms with Crippen LogP contribution in [0.25, 0.3) is 0 Å². The van der Waals surface area contributed by atoms with Gasteiger partial charge >= 0.3 is 0 Å². The summed E-state index contributed by atoms with van der Waals surface area (Å²) in [5.74, 6) is -0.143. The van der Waals surface area contributed by atoms with Crippen molar-refractivity contribution >= 4 is 17.5 Å². The molecule has 3 N–H and O–H groups in total. The summed E-state index contributed by atoms with van der Waals surface area (Å²) in [4.78, 5) is 24.9. The van der Waals surface area contributed by atoms with Crippen molar-refractivity contribution in [3.8, 4) is 0 Å². The first-order valence-corrected chi connectivity index (χ1v) is 8.60. The van der Waals surface area contributed by atoms with Crippen LogP contribution in [0.5, 0.6) is 0 Å². The number of carbonyl (C=O) groups excluding carboxylic acids is 2. The summed E-state index contributed by atoms with van der Waals surface area (Å²) >= 11 is 0. The highest BCUT2D eigenvalue weighted by molar-refractivity contribution is 5.91. The maximum absolute atomic E-state index is 13.1. The third-order valence-corrected chi connectivity index (χ3v) is 4.49. The molecule has 132 valence electrons. The Balaban J connectivity index is 1.74. The van der Waals surface area contributed by atoms with Gasteiger partial charge in [-0.3, -0.25) is 9.59 Å². The van der Waals surface area contributed by atoms with Crippen molar-refractivity contribution in [1.29, 1.82) is 0 Å². The molecule has 2 rings (SSSR count). The molecule has 0 saturated heterocycles. The number of hydrogen-bond acceptors (Lipinski definition) is 2. The molecular formula is C18H27FN3O2+. The van der Waals surface area contributed by atoms with Gasteiger partial charge in [0.2, 0.25) is 0 Å². The average Bonchev–Trinajstić information content (AvgIpc) is 2.49. The van der Waals surface area contributed by atoms with Crippen LogP contribution in [0.2, 0.25) is 0 Å². The Kier molecular flexibility index (Phi) is 6.73. The zero-order valence-corrected chi connectivity index (χ0v) is 14.4. The van der Waals surface area contributed by atoms with Crippen molar-refractivity contribution in [2.24, 2.45) is 5.92 Å². The zero-order chi connectivity index (χ0) is 17.5. The molecule has 3 atom stereocenters. The van der Waals surface area contributed by atoms with E-state index in [2.05, 4.69) is 17.6 Å². The molecule has 1 aliphatic carbocycles. The Hall–Kier alpha value is -1.95. The van der Waals surface area contributed by atoms with Crippen LogP contribution in [0.3, 0.4) is 0 Å². The minimum Gasteiger partial charge on any atom is -0.348 e. The van der Waals surface area contributed by atoms with E-state index >= 15 is 0 Å². The first-order valence-electron chi connectivity index (χ1n) is 8.60. The first-order chi connectivity index (χ1) is 11.4. The number of rotatable bonds is 6. The highest BCUT2D eigenvalue weighted by Crippen LogP contribution is 2.23. The summed E-state index contributed by atoms with van der Waals surface area (Å²) in [5, 5.41) is 5.73. The van der Waals surface area contributed by atoms with Gasteiger partial charge in [0.15, 0.2) is 13.1 Å². The lowest BCUT2D eigenvalue weighted by atomic mass is 9.86. The second kappa shape index (κ2) is 8.78. The minimum absolute atomic E-state index is 0.0233. The Morgan fingerprint density at radius 3 is 2.62 bits per heavy atom. The van der Waals surface area contributed by atoms with Gasteiger partial charge in [0, 0.05) is 11.7 Å². The van der Waals surface area contributed by atoms with Crippen LogP contribution in [0.1, 0.15) is 32.6 Å². The van der Waals surface area contributed by atoms with Crippen LogP contribution in [0.4, 0.5) is 10.1 Å². The number of amides is 2. The molecule has 1 unspecified atom stereocenters. The number of benzene rings is 1. The van der Waals surface area contributed by atoms with Crippen molar-refractivity contribution in [2.45, 2.75) is 38.6 Å². The van der Waals surface area contributed by atoms with E-state index in [1.54, 1.807) is 19.2 Å². The lowest BCUT2D eigenvalue weighted by Crippen LogP contribution is -3.11. The summed E-state index contributed by atoms with van der Waals surface area (Å²) in [7, 11) is 1.80. The molecule has 0 aliphatic heterocycles. The van der Waals surface area contributed by atoms with Crippen LogP contribution < -0.4 is 15.5 Å². The van der Waals surface area contributed by atoms with Crippen molar-refractivity contribution < 1.29 is 18.9 Å². The van der Waals surface area contributed by atoms with Crippen molar-refractivity contribution in [1.82, 2.24) is 5.32 Å². The Labute approximate surface area is 142 Å². The van der Waals surface area contributed by atoms with Crippen LogP contribution in [0.15, 0.2) is 24.3 Å². The normalized spacial score (nSPS) is 21.8. The standard InChI is InChI=1S/C18H26FN3O2/c1-13-6-3-4-9-16(13)21-18(24)12-22(2)11-17(23)20-15-8-5-7-14(19)10-15/h5,7-8,10,13,16H,3-4,6,9,11-12H2,1-2H3,(H,20,23)(H,21,24)/p+1/t13-,16-/m0/s1. The summed E-state index contributed by atoms with van der Waals surface area (Å²) in [5.41, 5.74) is 0.424. The van der Waals surface area contributed by atoms with E-state index in [4.69, 9.17) is 0 Å². The van der Waals surface area contributed by atoms with Crippen LogP contribution in [-0.4, -0.2) is 38.0 Å².